The van der Waals surface area contributed by atoms with Crippen molar-refractivity contribution in [2.75, 3.05) is 19.6 Å². The molecule has 0 aromatic heterocycles. The summed E-state index contributed by atoms with van der Waals surface area (Å²) < 4.78 is 0. The zero-order valence-corrected chi connectivity index (χ0v) is 13.1. The number of likely N-dealkylation sites (tertiary alicyclic amines) is 1. The van der Waals surface area contributed by atoms with Crippen molar-refractivity contribution in [2.45, 2.75) is 64.3 Å². The van der Waals surface area contributed by atoms with E-state index in [9.17, 15) is 14.7 Å². The Kier molecular flexibility index (Phi) is 5.62. The smallest absolute Gasteiger partial charge is 0.310 e. The number of carboxylic acids is 1. The van der Waals surface area contributed by atoms with Crippen LogP contribution in [0.15, 0.2) is 0 Å². The Morgan fingerprint density at radius 2 is 1.81 bits per heavy atom. The minimum absolute atomic E-state index is 0.0511. The van der Waals surface area contributed by atoms with Gasteiger partial charge >= 0.3 is 5.97 Å². The van der Waals surface area contributed by atoms with E-state index in [-0.39, 0.29) is 5.91 Å². The largest absolute Gasteiger partial charge is 0.481 e. The molecule has 1 amide bonds. The Bertz CT molecular complexity index is 378. The van der Waals surface area contributed by atoms with Gasteiger partial charge < -0.3 is 10.4 Å². The van der Waals surface area contributed by atoms with Gasteiger partial charge in [0, 0.05) is 12.6 Å². The molecule has 2 aliphatic rings. The van der Waals surface area contributed by atoms with Crippen LogP contribution in [0.1, 0.15) is 58.3 Å². The van der Waals surface area contributed by atoms with Crippen molar-refractivity contribution in [1.29, 1.82) is 0 Å². The molecule has 2 rings (SSSR count). The maximum Gasteiger partial charge on any atom is 0.310 e. The highest BCUT2D eigenvalue weighted by Gasteiger charge is 2.40. The molecule has 1 saturated heterocycles. The van der Waals surface area contributed by atoms with Crippen molar-refractivity contribution in [3.05, 3.63) is 0 Å². The molecule has 1 aliphatic carbocycles. The fourth-order valence-corrected chi connectivity index (χ4v) is 3.44. The molecule has 0 radical (unpaired) electrons. The number of carbonyl (C=O) groups excluding carboxylic acids is 1. The Labute approximate surface area is 127 Å². The van der Waals surface area contributed by atoms with Gasteiger partial charge in [0.2, 0.25) is 5.91 Å². The van der Waals surface area contributed by atoms with Gasteiger partial charge in [0.1, 0.15) is 0 Å². The van der Waals surface area contributed by atoms with E-state index in [1.54, 1.807) is 6.92 Å². The fourth-order valence-electron chi connectivity index (χ4n) is 3.44. The van der Waals surface area contributed by atoms with Crippen molar-refractivity contribution >= 4 is 11.9 Å². The first-order chi connectivity index (χ1) is 9.99. The van der Waals surface area contributed by atoms with Crippen LogP contribution in [0.4, 0.5) is 0 Å². The molecule has 5 nitrogen and oxygen atoms in total. The van der Waals surface area contributed by atoms with Gasteiger partial charge in [-0.1, -0.05) is 32.1 Å². The highest BCUT2D eigenvalue weighted by molar-refractivity contribution is 5.79. The van der Waals surface area contributed by atoms with Gasteiger partial charge in [0.25, 0.3) is 0 Å². The van der Waals surface area contributed by atoms with Gasteiger partial charge in [-0.2, -0.15) is 0 Å². The number of amides is 1. The van der Waals surface area contributed by atoms with Crippen LogP contribution in [0.3, 0.4) is 0 Å². The first kappa shape index (κ1) is 16.3. The number of hydrogen-bond donors (Lipinski definition) is 2. The summed E-state index contributed by atoms with van der Waals surface area (Å²) in [5, 5.41) is 12.4. The Morgan fingerprint density at radius 3 is 2.38 bits per heavy atom. The molecule has 1 unspecified atom stereocenters. The zero-order chi connectivity index (χ0) is 15.3. The summed E-state index contributed by atoms with van der Waals surface area (Å²) in [5.74, 6) is -0.708. The lowest BCUT2D eigenvalue weighted by Crippen LogP contribution is -2.42. The maximum absolute atomic E-state index is 12.1. The van der Waals surface area contributed by atoms with E-state index >= 15 is 0 Å². The molecule has 1 aliphatic heterocycles. The quantitative estimate of drug-likeness (QED) is 0.832. The molecule has 0 bridgehead atoms. The van der Waals surface area contributed by atoms with Gasteiger partial charge in [-0.05, 0) is 32.7 Å². The number of aliphatic carboxylic acids is 1. The van der Waals surface area contributed by atoms with Crippen LogP contribution in [-0.4, -0.2) is 47.6 Å². The third kappa shape index (κ3) is 4.70. The highest BCUT2D eigenvalue weighted by atomic mass is 16.4. The summed E-state index contributed by atoms with van der Waals surface area (Å²) >= 11 is 0. The molecule has 0 spiro atoms. The van der Waals surface area contributed by atoms with E-state index < -0.39 is 11.4 Å². The first-order valence-electron chi connectivity index (χ1n) is 8.25. The van der Waals surface area contributed by atoms with Crippen molar-refractivity contribution in [2.24, 2.45) is 5.41 Å². The summed E-state index contributed by atoms with van der Waals surface area (Å²) in [7, 11) is 0. The molecule has 120 valence electrons. The second-order valence-corrected chi connectivity index (χ2v) is 6.94. The number of rotatable bonds is 4. The van der Waals surface area contributed by atoms with Crippen LogP contribution in [0.25, 0.3) is 0 Å². The zero-order valence-electron chi connectivity index (χ0n) is 13.1. The van der Waals surface area contributed by atoms with E-state index in [0.29, 0.717) is 32.1 Å². The molecule has 1 atom stereocenters. The molecule has 1 heterocycles. The van der Waals surface area contributed by atoms with Crippen LogP contribution in [0.5, 0.6) is 0 Å². The van der Waals surface area contributed by atoms with Gasteiger partial charge in [-0.15, -0.1) is 0 Å². The third-order valence-electron chi connectivity index (χ3n) is 4.91. The number of nitrogens with zero attached hydrogens (tertiary/aromatic N) is 1. The van der Waals surface area contributed by atoms with Crippen LogP contribution in [0, 0.1) is 5.41 Å². The van der Waals surface area contributed by atoms with E-state index in [1.807, 2.05) is 4.90 Å². The molecule has 5 heteroatoms. The van der Waals surface area contributed by atoms with Gasteiger partial charge in [0.05, 0.1) is 12.0 Å². The standard InChI is InChI=1S/C16H28N2O3/c1-16(15(20)21)9-10-18(12-16)11-14(19)17-13-7-5-3-2-4-6-8-13/h13H,2-12H2,1H3,(H,17,19)(H,20,21). The lowest BCUT2D eigenvalue weighted by molar-refractivity contribution is -0.147. The molecular weight excluding hydrogens is 268 g/mol. The first-order valence-corrected chi connectivity index (χ1v) is 8.25. The van der Waals surface area contributed by atoms with Crippen molar-refractivity contribution in [1.82, 2.24) is 10.2 Å². The molecule has 2 fully saturated rings. The lowest BCUT2D eigenvalue weighted by Gasteiger charge is -2.23. The van der Waals surface area contributed by atoms with Crippen molar-refractivity contribution < 1.29 is 14.7 Å². The minimum atomic E-state index is -0.759. The van der Waals surface area contributed by atoms with E-state index in [4.69, 9.17) is 0 Å². The molecule has 0 aromatic rings. The molecular formula is C16H28N2O3. The monoisotopic (exact) mass is 296 g/mol. The normalized spacial score (nSPS) is 28.8. The van der Waals surface area contributed by atoms with Crippen molar-refractivity contribution in [3.8, 4) is 0 Å². The van der Waals surface area contributed by atoms with Crippen LogP contribution in [0.2, 0.25) is 0 Å². The summed E-state index contributed by atoms with van der Waals surface area (Å²) in [6, 6.07) is 0.311. The minimum Gasteiger partial charge on any atom is -0.481 e. The third-order valence-corrected chi connectivity index (χ3v) is 4.91. The molecule has 2 N–H and O–H groups in total. The van der Waals surface area contributed by atoms with Gasteiger partial charge in [-0.25, -0.2) is 0 Å². The summed E-state index contributed by atoms with van der Waals surface area (Å²) in [6.45, 7) is 3.27. The fraction of sp³-hybridized carbons (Fsp3) is 0.875. The highest BCUT2D eigenvalue weighted by Crippen LogP contribution is 2.29. The number of nitrogens with one attached hydrogen (secondary N) is 1. The van der Waals surface area contributed by atoms with E-state index in [1.165, 1.54) is 32.1 Å². The molecule has 21 heavy (non-hydrogen) atoms. The summed E-state index contributed by atoms with van der Waals surface area (Å²) in [6.07, 6.45) is 9.06. The van der Waals surface area contributed by atoms with Crippen LogP contribution in [-0.2, 0) is 9.59 Å². The van der Waals surface area contributed by atoms with E-state index in [2.05, 4.69) is 5.32 Å². The Morgan fingerprint density at radius 1 is 1.19 bits per heavy atom. The number of carboxylic acid groups (broad SMARTS) is 1. The Hall–Kier alpha value is -1.10. The van der Waals surface area contributed by atoms with Gasteiger partial charge in [0.15, 0.2) is 0 Å². The van der Waals surface area contributed by atoms with Gasteiger partial charge in [-0.3, -0.25) is 14.5 Å². The second kappa shape index (κ2) is 7.25. The predicted octanol–water partition coefficient (Wildman–Crippen LogP) is 2.01. The molecule has 1 saturated carbocycles. The number of carbonyl (C=O) groups is 2. The van der Waals surface area contributed by atoms with Crippen LogP contribution < -0.4 is 5.32 Å². The average molecular weight is 296 g/mol. The summed E-state index contributed by atoms with van der Waals surface area (Å²) in [5.41, 5.74) is -0.694. The summed E-state index contributed by atoms with van der Waals surface area (Å²) in [4.78, 5) is 25.3. The predicted molar refractivity (Wildman–Crippen MR) is 81.0 cm³/mol. The number of hydrogen-bond acceptors (Lipinski definition) is 3. The second-order valence-electron chi connectivity index (χ2n) is 6.94. The van der Waals surface area contributed by atoms with E-state index in [0.717, 1.165) is 12.8 Å². The van der Waals surface area contributed by atoms with Crippen molar-refractivity contribution in [3.63, 3.8) is 0 Å². The Balaban J connectivity index is 1.75. The SMILES string of the molecule is CC1(C(=O)O)CCN(CC(=O)NC2CCCCCCC2)C1. The average Bonchev–Trinajstić information content (AvgIpc) is 2.75. The maximum atomic E-state index is 12.1. The lowest BCUT2D eigenvalue weighted by atomic mass is 9.90. The molecule has 0 aromatic carbocycles. The van der Waals surface area contributed by atoms with Crippen LogP contribution >= 0.6 is 0 Å². The topological polar surface area (TPSA) is 69.6 Å².